The number of hydrogen-bond acceptors (Lipinski definition) is 4. The molecule has 1 heterocycles. The average molecular weight is 430 g/mol. The van der Waals surface area contributed by atoms with Gasteiger partial charge in [0.2, 0.25) is 11.8 Å². The summed E-state index contributed by atoms with van der Waals surface area (Å²) < 4.78 is 0. The minimum absolute atomic E-state index is 0.0159. The molecule has 8 nitrogen and oxygen atoms in total. The van der Waals surface area contributed by atoms with Crippen LogP contribution in [0.15, 0.2) is 24.3 Å². The van der Waals surface area contributed by atoms with Crippen LogP contribution >= 0.6 is 0 Å². The molecular weight excluding hydrogens is 394 g/mol. The van der Waals surface area contributed by atoms with Crippen LogP contribution in [0.4, 0.5) is 10.5 Å². The molecular formula is C23H35N5O3. The van der Waals surface area contributed by atoms with Crippen LogP contribution in [0.5, 0.6) is 0 Å². The summed E-state index contributed by atoms with van der Waals surface area (Å²) in [7, 11) is 0. The van der Waals surface area contributed by atoms with Crippen LogP contribution in [0.3, 0.4) is 0 Å². The maximum Gasteiger partial charge on any atom is 0.317 e. The number of nitrogens with zero attached hydrogens (tertiary/aromatic N) is 2. The van der Waals surface area contributed by atoms with E-state index in [9.17, 15) is 14.4 Å². The highest BCUT2D eigenvalue weighted by molar-refractivity contribution is 5.94. The van der Waals surface area contributed by atoms with Crippen molar-refractivity contribution in [3.63, 3.8) is 0 Å². The lowest BCUT2D eigenvalue weighted by Crippen LogP contribution is -2.47. The highest BCUT2D eigenvalue weighted by Gasteiger charge is 2.29. The molecule has 0 spiro atoms. The Kier molecular flexibility index (Phi) is 7.54. The number of amides is 4. The second-order valence-electron chi connectivity index (χ2n) is 9.53. The van der Waals surface area contributed by atoms with E-state index in [0.29, 0.717) is 32.7 Å². The molecule has 4 amide bonds. The van der Waals surface area contributed by atoms with Gasteiger partial charge in [0.1, 0.15) is 0 Å². The minimum Gasteiger partial charge on any atom is -0.350 e. The van der Waals surface area contributed by atoms with E-state index in [1.807, 2.05) is 49.9 Å². The van der Waals surface area contributed by atoms with Crippen LogP contribution in [0.1, 0.15) is 45.6 Å². The minimum atomic E-state index is -0.240. The van der Waals surface area contributed by atoms with Gasteiger partial charge in [-0.1, -0.05) is 12.1 Å². The standard InChI is InChI=1S/C23H35N5O3/c1-23(2,3)26-20(29)16-27-11-4-12-28(14-13-27)22(31)24-15-17-5-9-19(10-6-17)25-21(30)18-7-8-18/h5-6,9-10,18H,4,7-8,11-16H2,1-3H3,(H,24,31)(H,25,30)(H,26,29). The van der Waals surface area contributed by atoms with Crippen molar-refractivity contribution in [1.29, 1.82) is 0 Å². The molecule has 0 aromatic heterocycles. The first kappa shape index (κ1) is 23.1. The first-order valence-electron chi connectivity index (χ1n) is 11.2. The predicted octanol–water partition coefficient (Wildman–Crippen LogP) is 2.17. The number of benzene rings is 1. The summed E-state index contributed by atoms with van der Waals surface area (Å²) >= 11 is 0. The van der Waals surface area contributed by atoms with Gasteiger partial charge < -0.3 is 20.9 Å². The van der Waals surface area contributed by atoms with Crippen LogP contribution in [-0.4, -0.2) is 65.9 Å². The molecule has 0 radical (unpaired) electrons. The van der Waals surface area contributed by atoms with Gasteiger partial charge in [-0.2, -0.15) is 0 Å². The number of hydrogen-bond donors (Lipinski definition) is 3. The van der Waals surface area contributed by atoms with Crippen LogP contribution in [-0.2, 0) is 16.1 Å². The summed E-state index contributed by atoms with van der Waals surface area (Å²) in [5.74, 6) is 0.283. The first-order valence-corrected chi connectivity index (χ1v) is 11.2. The third kappa shape index (κ3) is 7.86. The fourth-order valence-corrected chi connectivity index (χ4v) is 3.58. The Morgan fingerprint density at radius 2 is 1.71 bits per heavy atom. The zero-order valence-electron chi connectivity index (χ0n) is 18.9. The van der Waals surface area contributed by atoms with E-state index in [2.05, 4.69) is 20.9 Å². The molecule has 1 saturated heterocycles. The molecule has 3 N–H and O–H groups in total. The monoisotopic (exact) mass is 429 g/mol. The fourth-order valence-electron chi connectivity index (χ4n) is 3.58. The molecule has 1 aliphatic carbocycles. The van der Waals surface area contributed by atoms with Crippen LogP contribution in [0.25, 0.3) is 0 Å². The largest absolute Gasteiger partial charge is 0.350 e. The SMILES string of the molecule is CC(C)(C)NC(=O)CN1CCCN(C(=O)NCc2ccc(NC(=O)C3CC3)cc2)CC1. The molecule has 2 aliphatic rings. The van der Waals surface area contributed by atoms with E-state index in [4.69, 9.17) is 0 Å². The molecule has 0 bridgehead atoms. The molecule has 0 atom stereocenters. The van der Waals surface area contributed by atoms with Gasteiger partial charge in [-0.3, -0.25) is 14.5 Å². The molecule has 1 aromatic carbocycles. The summed E-state index contributed by atoms with van der Waals surface area (Å²) in [5, 5.41) is 8.88. The van der Waals surface area contributed by atoms with Crippen molar-refractivity contribution in [1.82, 2.24) is 20.4 Å². The summed E-state index contributed by atoms with van der Waals surface area (Å²) in [6.07, 6.45) is 2.80. The van der Waals surface area contributed by atoms with Crippen molar-refractivity contribution in [2.75, 3.05) is 38.0 Å². The summed E-state index contributed by atoms with van der Waals surface area (Å²) in [6, 6.07) is 7.48. The zero-order valence-corrected chi connectivity index (χ0v) is 18.9. The Labute approximate surface area is 184 Å². The van der Waals surface area contributed by atoms with Crippen molar-refractivity contribution in [2.45, 2.75) is 52.1 Å². The molecule has 3 rings (SSSR count). The van der Waals surface area contributed by atoms with E-state index >= 15 is 0 Å². The summed E-state index contributed by atoms with van der Waals surface area (Å²) in [4.78, 5) is 40.5. The van der Waals surface area contributed by atoms with Crippen molar-refractivity contribution >= 4 is 23.5 Å². The Morgan fingerprint density at radius 1 is 1.00 bits per heavy atom. The summed E-state index contributed by atoms with van der Waals surface area (Å²) in [6.45, 7) is 9.46. The molecule has 31 heavy (non-hydrogen) atoms. The number of anilines is 1. The van der Waals surface area contributed by atoms with Gasteiger partial charge in [0.25, 0.3) is 0 Å². The first-order chi connectivity index (χ1) is 14.7. The molecule has 8 heteroatoms. The lowest BCUT2D eigenvalue weighted by Gasteiger charge is -2.25. The normalized spacial score (nSPS) is 17.6. The molecule has 1 aromatic rings. The van der Waals surface area contributed by atoms with Crippen LogP contribution < -0.4 is 16.0 Å². The second-order valence-corrected chi connectivity index (χ2v) is 9.53. The van der Waals surface area contributed by atoms with Gasteiger partial charge in [0, 0.05) is 49.9 Å². The van der Waals surface area contributed by atoms with E-state index in [1.165, 1.54) is 0 Å². The molecule has 1 aliphatic heterocycles. The lowest BCUT2D eigenvalue weighted by atomic mass is 10.1. The third-order valence-electron chi connectivity index (χ3n) is 5.37. The fraction of sp³-hybridized carbons (Fsp3) is 0.609. The number of rotatable bonds is 6. The number of carbonyl (C=O) groups is 3. The highest BCUT2D eigenvalue weighted by atomic mass is 16.2. The van der Waals surface area contributed by atoms with Crippen molar-refractivity contribution in [2.24, 2.45) is 5.92 Å². The van der Waals surface area contributed by atoms with Gasteiger partial charge in [0.15, 0.2) is 0 Å². The van der Waals surface area contributed by atoms with Gasteiger partial charge in [-0.25, -0.2) is 4.79 Å². The van der Waals surface area contributed by atoms with Crippen molar-refractivity contribution in [3.8, 4) is 0 Å². The van der Waals surface area contributed by atoms with Gasteiger partial charge in [0.05, 0.1) is 6.54 Å². The Hall–Kier alpha value is -2.61. The van der Waals surface area contributed by atoms with Gasteiger partial charge >= 0.3 is 6.03 Å². The predicted molar refractivity (Wildman–Crippen MR) is 121 cm³/mol. The number of urea groups is 1. The summed E-state index contributed by atoms with van der Waals surface area (Å²) in [5.41, 5.74) is 1.53. The molecule has 2 fully saturated rings. The van der Waals surface area contributed by atoms with Crippen molar-refractivity contribution < 1.29 is 14.4 Å². The lowest BCUT2D eigenvalue weighted by molar-refractivity contribution is -0.123. The van der Waals surface area contributed by atoms with Crippen molar-refractivity contribution in [3.05, 3.63) is 29.8 Å². The smallest absolute Gasteiger partial charge is 0.317 e. The number of carbonyl (C=O) groups excluding carboxylic acids is 3. The second kappa shape index (κ2) is 10.1. The maximum absolute atomic E-state index is 12.6. The van der Waals surface area contributed by atoms with Crippen LogP contribution in [0, 0.1) is 5.92 Å². The van der Waals surface area contributed by atoms with E-state index in [1.54, 1.807) is 0 Å². The van der Waals surface area contributed by atoms with Crippen LogP contribution in [0.2, 0.25) is 0 Å². The maximum atomic E-state index is 12.6. The van der Waals surface area contributed by atoms with E-state index in [0.717, 1.165) is 37.1 Å². The Balaban J connectivity index is 1.40. The Morgan fingerprint density at radius 3 is 2.35 bits per heavy atom. The third-order valence-corrected chi connectivity index (χ3v) is 5.37. The highest BCUT2D eigenvalue weighted by Crippen LogP contribution is 2.30. The molecule has 170 valence electrons. The Bertz CT molecular complexity index is 783. The zero-order chi connectivity index (χ0) is 22.4. The van der Waals surface area contributed by atoms with Gasteiger partial charge in [-0.15, -0.1) is 0 Å². The quantitative estimate of drug-likeness (QED) is 0.646. The topological polar surface area (TPSA) is 93.8 Å². The molecule has 1 saturated carbocycles. The molecule has 0 unspecified atom stereocenters. The average Bonchev–Trinajstić information content (AvgIpc) is 3.53. The van der Waals surface area contributed by atoms with Gasteiger partial charge in [-0.05, 0) is 57.7 Å². The number of nitrogens with one attached hydrogen (secondary N) is 3. The van der Waals surface area contributed by atoms with E-state index < -0.39 is 0 Å². The van der Waals surface area contributed by atoms with E-state index in [-0.39, 0.29) is 29.3 Å².